The molecule has 2 rings (SSSR count). The molecule has 25 heavy (non-hydrogen) atoms. The summed E-state index contributed by atoms with van der Waals surface area (Å²) in [5.74, 6) is -1.16. The maximum atomic E-state index is 12.4. The average Bonchev–Trinajstić information content (AvgIpc) is 2.65. The van der Waals surface area contributed by atoms with Crippen LogP contribution in [-0.4, -0.2) is 33.9 Å². The van der Waals surface area contributed by atoms with E-state index in [0.717, 1.165) is 5.56 Å². The summed E-state index contributed by atoms with van der Waals surface area (Å²) in [4.78, 5) is 23.0. The lowest BCUT2D eigenvalue weighted by atomic mass is 10.2. The van der Waals surface area contributed by atoms with Crippen molar-refractivity contribution in [1.29, 1.82) is 0 Å². The zero-order chi connectivity index (χ0) is 18.3. The van der Waals surface area contributed by atoms with Crippen molar-refractivity contribution >= 4 is 21.9 Å². The Morgan fingerprint density at radius 2 is 1.76 bits per heavy atom. The number of esters is 1. The number of carbonyl (C=O) groups is 2. The number of amides is 1. The van der Waals surface area contributed by atoms with E-state index < -0.39 is 21.9 Å². The molecule has 0 bridgehead atoms. The lowest BCUT2D eigenvalue weighted by Gasteiger charge is -2.09. The van der Waals surface area contributed by atoms with E-state index in [1.807, 2.05) is 18.2 Å². The van der Waals surface area contributed by atoms with E-state index in [0.29, 0.717) is 0 Å². The summed E-state index contributed by atoms with van der Waals surface area (Å²) in [5, 5.41) is 2.36. The summed E-state index contributed by atoms with van der Waals surface area (Å²) >= 11 is 0. The number of carbonyl (C=O) groups excluding carboxylic acids is 2. The molecule has 7 nitrogen and oxygen atoms in total. The van der Waals surface area contributed by atoms with Gasteiger partial charge in [0, 0.05) is 12.1 Å². The van der Waals surface area contributed by atoms with Gasteiger partial charge in [0.1, 0.15) is 6.54 Å². The third-order valence-corrected chi connectivity index (χ3v) is 4.74. The number of methoxy groups -OCH3 is 1. The van der Waals surface area contributed by atoms with Crippen molar-refractivity contribution in [3.63, 3.8) is 0 Å². The summed E-state index contributed by atoms with van der Waals surface area (Å²) in [6, 6.07) is 14.6. The predicted octanol–water partition coefficient (Wildman–Crippen LogP) is 1.07. The second-order valence-corrected chi connectivity index (χ2v) is 6.86. The lowest BCUT2D eigenvalue weighted by Crippen LogP contribution is -2.30. The van der Waals surface area contributed by atoms with Gasteiger partial charge in [-0.2, -0.15) is 0 Å². The van der Waals surface area contributed by atoms with E-state index in [1.165, 1.54) is 31.4 Å². The number of nitrogens with one attached hydrogen (secondary N) is 2. The van der Waals surface area contributed by atoms with Gasteiger partial charge in [0.2, 0.25) is 10.0 Å². The molecule has 2 aromatic rings. The van der Waals surface area contributed by atoms with E-state index >= 15 is 0 Å². The fourth-order valence-corrected chi connectivity index (χ4v) is 3.05. The molecule has 132 valence electrons. The van der Waals surface area contributed by atoms with E-state index in [9.17, 15) is 18.0 Å². The topological polar surface area (TPSA) is 102 Å². The average molecular weight is 362 g/mol. The van der Waals surface area contributed by atoms with Gasteiger partial charge in [-0.3, -0.25) is 9.59 Å². The first-order chi connectivity index (χ1) is 11.9. The van der Waals surface area contributed by atoms with Crippen LogP contribution < -0.4 is 10.0 Å². The maximum Gasteiger partial charge on any atom is 0.325 e. The normalized spacial score (nSPS) is 10.9. The van der Waals surface area contributed by atoms with Crippen LogP contribution in [-0.2, 0) is 26.1 Å². The number of ether oxygens (including phenoxy) is 1. The van der Waals surface area contributed by atoms with Gasteiger partial charge in [-0.25, -0.2) is 13.1 Å². The van der Waals surface area contributed by atoms with Crippen molar-refractivity contribution in [2.45, 2.75) is 11.4 Å². The van der Waals surface area contributed by atoms with Crippen LogP contribution in [0.3, 0.4) is 0 Å². The van der Waals surface area contributed by atoms with Crippen molar-refractivity contribution in [3.05, 3.63) is 65.7 Å². The maximum absolute atomic E-state index is 12.4. The van der Waals surface area contributed by atoms with Gasteiger partial charge in [-0.1, -0.05) is 36.4 Å². The Bertz CT molecular complexity index is 850. The standard InChI is InChI=1S/C17H18N2O5S/c1-24-16(20)12-18-17(21)14-8-5-9-15(10-14)25(22,23)19-11-13-6-3-2-4-7-13/h2-10,19H,11-12H2,1H3,(H,18,21). The van der Waals surface area contributed by atoms with Gasteiger partial charge in [0.15, 0.2) is 0 Å². The number of sulfonamides is 1. The number of rotatable bonds is 7. The van der Waals surface area contributed by atoms with Crippen LogP contribution in [0.4, 0.5) is 0 Å². The first kappa shape index (κ1) is 18.6. The highest BCUT2D eigenvalue weighted by molar-refractivity contribution is 7.89. The second kappa shape index (κ2) is 8.41. The fraction of sp³-hybridized carbons (Fsp3) is 0.176. The Hall–Kier alpha value is -2.71. The van der Waals surface area contributed by atoms with E-state index in [4.69, 9.17) is 0 Å². The second-order valence-electron chi connectivity index (χ2n) is 5.10. The van der Waals surface area contributed by atoms with E-state index in [-0.39, 0.29) is 23.5 Å². The molecule has 2 N–H and O–H groups in total. The predicted molar refractivity (Wildman–Crippen MR) is 91.3 cm³/mol. The summed E-state index contributed by atoms with van der Waals surface area (Å²) in [5.41, 5.74) is 0.949. The van der Waals surface area contributed by atoms with Crippen LogP contribution in [0.1, 0.15) is 15.9 Å². The monoisotopic (exact) mass is 362 g/mol. The van der Waals surface area contributed by atoms with E-state index in [1.54, 1.807) is 12.1 Å². The molecule has 0 saturated heterocycles. The van der Waals surface area contributed by atoms with Gasteiger partial charge in [0.25, 0.3) is 5.91 Å². The Labute approximate surface area is 146 Å². The van der Waals surface area contributed by atoms with E-state index in [2.05, 4.69) is 14.8 Å². The zero-order valence-corrected chi connectivity index (χ0v) is 14.4. The Balaban J connectivity index is 2.08. The summed E-state index contributed by atoms with van der Waals surface area (Å²) in [6.45, 7) is -0.152. The molecule has 0 atom stereocenters. The van der Waals surface area contributed by atoms with Crippen LogP contribution in [0.5, 0.6) is 0 Å². The van der Waals surface area contributed by atoms with Crippen molar-refractivity contribution in [3.8, 4) is 0 Å². The van der Waals surface area contributed by atoms with Gasteiger partial charge >= 0.3 is 5.97 Å². The molecule has 0 heterocycles. The number of hydrogen-bond acceptors (Lipinski definition) is 5. The molecular formula is C17H18N2O5S. The van der Waals surface area contributed by atoms with Crippen molar-refractivity contribution in [2.75, 3.05) is 13.7 Å². The minimum absolute atomic E-state index is 0.0332. The molecule has 0 aliphatic heterocycles. The van der Waals surface area contributed by atoms with Crippen molar-refractivity contribution < 1.29 is 22.7 Å². The molecule has 0 aromatic heterocycles. The highest BCUT2D eigenvalue weighted by Gasteiger charge is 2.16. The molecule has 0 aliphatic carbocycles. The van der Waals surface area contributed by atoms with Crippen molar-refractivity contribution in [2.24, 2.45) is 0 Å². The third-order valence-electron chi connectivity index (χ3n) is 3.34. The van der Waals surface area contributed by atoms with Crippen LogP contribution in [0.2, 0.25) is 0 Å². The van der Waals surface area contributed by atoms with Crippen molar-refractivity contribution in [1.82, 2.24) is 10.0 Å². The van der Waals surface area contributed by atoms with Gasteiger partial charge in [0.05, 0.1) is 12.0 Å². The highest BCUT2D eigenvalue weighted by Crippen LogP contribution is 2.12. The first-order valence-corrected chi connectivity index (χ1v) is 8.89. The van der Waals surface area contributed by atoms with Crippen LogP contribution in [0, 0.1) is 0 Å². The molecule has 0 unspecified atom stereocenters. The number of benzene rings is 2. The zero-order valence-electron chi connectivity index (χ0n) is 13.6. The molecule has 0 saturated carbocycles. The Morgan fingerprint density at radius 1 is 1.04 bits per heavy atom. The third kappa shape index (κ3) is 5.40. The Morgan fingerprint density at radius 3 is 2.44 bits per heavy atom. The quantitative estimate of drug-likeness (QED) is 0.718. The van der Waals surface area contributed by atoms with Crippen LogP contribution >= 0.6 is 0 Å². The van der Waals surface area contributed by atoms with Gasteiger partial charge in [-0.05, 0) is 23.8 Å². The first-order valence-electron chi connectivity index (χ1n) is 7.41. The molecule has 0 fully saturated rings. The SMILES string of the molecule is COC(=O)CNC(=O)c1cccc(S(=O)(=O)NCc2ccccc2)c1. The smallest absolute Gasteiger partial charge is 0.325 e. The highest BCUT2D eigenvalue weighted by atomic mass is 32.2. The molecule has 0 aliphatic rings. The van der Waals surface area contributed by atoms with Gasteiger partial charge < -0.3 is 10.1 Å². The molecule has 8 heteroatoms. The summed E-state index contributed by atoms with van der Waals surface area (Å²) in [7, 11) is -2.56. The molecule has 0 spiro atoms. The summed E-state index contributed by atoms with van der Waals surface area (Å²) < 4.78 is 31.7. The van der Waals surface area contributed by atoms with Gasteiger partial charge in [-0.15, -0.1) is 0 Å². The minimum atomic E-state index is -3.77. The van der Waals surface area contributed by atoms with Crippen LogP contribution in [0.15, 0.2) is 59.5 Å². The fourth-order valence-electron chi connectivity index (χ4n) is 1.99. The molecule has 0 radical (unpaired) electrons. The summed E-state index contributed by atoms with van der Waals surface area (Å²) in [6.07, 6.45) is 0. The lowest BCUT2D eigenvalue weighted by molar-refractivity contribution is -0.139. The Kier molecular flexibility index (Phi) is 6.26. The number of hydrogen-bond donors (Lipinski definition) is 2. The van der Waals surface area contributed by atoms with Crippen LogP contribution in [0.25, 0.3) is 0 Å². The largest absolute Gasteiger partial charge is 0.468 e. The minimum Gasteiger partial charge on any atom is -0.468 e. The molecule has 1 amide bonds. The molecule has 2 aromatic carbocycles. The molecular weight excluding hydrogens is 344 g/mol.